The van der Waals surface area contributed by atoms with E-state index < -0.39 is 5.66 Å². The maximum atomic E-state index is 14.6. The zero-order chi connectivity index (χ0) is 34.6. The number of unbranched alkanes of at least 4 members (excludes halogenated alkanes) is 1. The van der Waals surface area contributed by atoms with E-state index in [1.807, 2.05) is 24.3 Å². The average Bonchev–Trinajstić information content (AvgIpc) is 3.26. The minimum absolute atomic E-state index is 0.0515. The van der Waals surface area contributed by atoms with Gasteiger partial charge in [-0.2, -0.15) is 0 Å². The van der Waals surface area contributed by atoms with E-state index in [0.29, 0.717) is 58.6 Å². The molecule has 2 aromatic carbocycles. The van der Waals surface area contributed by atoms with E-state index >= 15 is 0 Å². The lowest BCUT2D eigenvalue weighted by atomic mass is 9.69. The van der Waals surface area contributed by atoms with Crippen molar-refractivity contribution in [2.45, 2.75) is 111 Å². The van der Waals surface area contributed by atoms with Crippen LogP contribution < -0.4 is 5.32 Å². The Bertz CT molecular complexity index is 1440. The first-order chi connectivity index (χ1) is 22.0. The third kappa shape index (κ3) is 9.38. The molecular weight excluding hydrogens is 633 g/mol. The zero-order valence-corrected chi connectivity index (χ0v) is 30.6. The van der Waals surface area contributed by atoms with Crippen molar-refractivity contribution in [2.75, 3.05) is 13.7 Å². The summed E-state index contributed by atoms with van der Waals surface area (Å²) in [7, 11) is 1.37. The van der Waals surface area contributed by atoms with Gasteiger partial charge in [0, 0.05) is 34.1 Å². The normalized spacial score (nSPS) is 20.7. The number of methoxy groups -OCH3 is 1. The quantitative estimate of drug-likeness (QED) is 0.189. The number of benzene rings is 2. The largest absolute Gasteiger partial charge is 0.469 e. The summed E-state index contributed by atoms with van der Waals surface area (Å²) in [5.74, 6) is 0.0160. The summed E-state index contributed by atoms with van der Waals surface area (Å²) >= 11 is 12.8. The second-order valence-electron chi connectivity index (χ2n) is 15.4. The number of nitrogens with one attached hydrogen (secondary N) is 1. The summed E-state index contributed by atoms with van der Waals surface area (Å²) in [6.45, 7) is 14.0. The lowest BCUT2D eigenvalue weighted by Gasteiger charge is -2.47. The van der Waals surface area contributed by atoms with Gasteiger partial charge in [-0.1, -0.05) is 76.9 Å². The Labute approximate surface area is 290 Å². The van der Waals surface area contributed by atoms with E-state index in [2.05, 4.69) is 56.5 Å². The Hall–Kier alpha value is -2.90. The fraction of sp³-hybridized carbons (Fsp3) is 0.579. The average molecular weight is 685 g/mol. The van der Waals surface area contributed by atoms with Crippen LogP contribution >= 0.6 is 23.2 Å². The summed E-state index contributed by atoms with van der Waals surface area (Å²) in [6, 6.07) is 12.6. The van der Waals surface area contributed by atoms with Crippen LogP contribution in [0.4, 0.5) is 0 Å². The van der Waals surface area contributed by atoms with Crippen LogP contribution in [-0.2, 0) is 14.3 Å². The van der Waals surface area contributed by atoms with Crippen molar-refractivity contribution in [3.05, 3.63) is 69.2 Å². The van der Waals surface area contributed by atoms with Crippen LogP contribution in [-0.4, -0.2) is 47.7 Å². The third-order valence-electron chi connectivity index (χ3n) is 9.69. The maximum Gasteiger partial charge on any atom is 0.305 e. The molecule has 0 bridgehead atoms. The highest BCUT2D eigenvalue weighted by atomic mass is 35.5. The van der Waals surface area contributed by atoms with Crippen LogP contribution in [0.3, 0.4) is 0 Å². The first-order valence-corrected chi connectivity index (χ1v) is 17.6. The van der Waals surface area contributed by atoms with E-state index in [1.165, 1.54) is 7.11 Å². The minimum atomic E-state index is -0.675. The topological polar surface area (TPSA) is 88.1 Å². The standard InChI is InChI=1S/C38H51Cl2N3O4/c1-36(2,3)18-17-31(25-11-13-26(14-12-25)34(45)41-21-9-8-10-32(44)47-7)43-35(46)33(27-22-29(39)24-30(40)23-27)42-38(43)19-15-28(16-20-38)37(4,5)6/h11-14,22-24,28,31H,8-10,15-21H2,1-7H3,(H,41,45). The lowest BCUT2D eigenvalue weighted by molar-refractivity contribution is -0.140. The number of hydrogen-bond donors (Lipinski definition) is 1. The molecule has 47 heavy (non-hydrogen) atoms. The zero-order valence-electron chi connectivity index (χ0n) is 29.1. The van der Waals surface area contributed by atoms with Crippen LogP contribution in [0.25, 0.3) is 0 Å². The van der Waals surface area contributed by atoms with Crippen molar-refractivity contribution in [2.24, 2.45) is 21.7 Å². The van der Waals surface area contributed by atoms with Gasteiger partial charge in [0.1, 0.15) is 11.4 Å². The van der Waals surface area contributed by atoms with E-state index in [9.17, 15) is 14.4 Å². The lowest BCUT2D eigenvalue weighted by Crippen LogP contribution is -2.51. The molecule has 4 rings (SSSR count). The van der Waals surface area contributed by atoms with Gasteiger partial charge in [0.25, 0.3) is 11.8 Å². The number of aliphatic imine (C=N–C) groups is 1. The van der Waals surface area contributed by atoms with Gasteiger partial charge in [-0.25, -0.2) is 0 Å². The SMILES string of the molecule is COC(=O)CCCCNC(=O)c1ccc(C(CCC(C)(C)C)N2C(=O)C(c3cc(Cl)cc(Cl)c3)=NC23CCC(C(C)(C)C)CC3)cc1. The van der Waals surface area contributed by atoms with Crippen LogP contribution in [0.5, 0.6) is 0 Å². The van der Waals surface area contributed by atoms with Gasteiger partial charge in [-0.15, -0.1) is 0 Å². The van der Waals surface area contributed by atoms with Gasteiger partial charge >= 0.3 is 5.97 Å². The van der Waals surface area contributed by atoms with Crippen LogP contribution in [0.1, 0.15) is 127 Å². The van der Waals surface area contributed by atoms with Crippen molar-refractivity contribution in [1.82, 2.24) is 10.2 Å². The van der Waals surface area contributed by atoms with E-state index in [-0.39, 0.29) is 34.7 Å². The number of halogens is 2. The third-order valence-corrected chi connectivity index (χ3v) is 10.1. The molecule has 256 valence electrons. The number of carbonyl (C=O) groups is 3. The van der Waals surface area contributed by atoms with E-state index in [0.717, 1.165) is 44.1 Å². The Kier molecular flexibility index (Phi) is 11.9. The molecule has 1 fully saturated rings. The minimum Gasteiger partial charge on any atom is -0.469 e. The first kappa shape index (κ1) is 36.9. The number of esters is 1. The summed E-state index contributed by atoms with van der Waals surface area (Å²) in [5, 5.41) is 3.88. The molecule has 0 aromatic heterocycles. The molecule has 7 nitrogen and oxygen atoms in total. The monoisotopic (exact) mass is 683 g/mol. The highest BCUT2D eigenvalue weighted by molar-refractivity contribution is 6.47. The van der Waals surface area contributed by atoms with Gasteiger partial charge in [-0.05, 0) is 104 Å². The van der Waals surface area contributed by atoms with E-state index in [4.69, 9.17) is 28.2 Å². The highest BCUT2D eigenvalue weighted by Gasteiger charge is 2.52. The van der Waals surface area contributed by atoms with Crippen molar-refractivity contribution in [3.8, 4) is 0 Å². The van der Waals surface area contributed by atoms with Crippen LogP contribution in [0, 0.1) is 16.7 Å². The maximum absolute atomic E-state index is 14.6. The Morgan fingerprint density at radius 2 is 1.62 bits per heavy atom. The molecule has 9 heteroatoms. The van der Waals surface area contributed by atoms with Crippen molar-refractivity contribution >= 4 is 46.7 Å². The van der Waals surface area contributed by atoms with Gasteiger partial charge in [-0.3, -0.25) is 19.4 Å². The second-order valence-corrected chi connectivity index (χ2v) is 16.3. The molecule has 1 N–H and O–H groups in total. The molecule has 0 saturated heterocycles. The molecule has 1 aliphatic heterocycles. The number of hydrogen-bond acceptors (Lipinski definition) is 5. The summed E-state index contributed by atoms with van der Waals surface area (Å²) < 4.78 is 4.68. The number of amides is 2. The van der Waals surface area contributed by atoms with Crippen LogP contribution in [0.2, 0.25) is 10.0 Å². The van der Waals surface area contributed by atoms with E-state index in [1.54, 1.807) is 18.2 Å². The Balaban J connectivity index is 1.65. The highest BCUT2D eigenvalue weighted by Crippen LogP contribution is 2.50. The van der Waals surface area contributed by atoms with Crippen molar-refractivity contribution < 1.29 is 19.1 Å². The smallest absolute Gasteiger partial charge is 0.305 e. The Morgan fingerprint density at radius 1 is 1.00 bits per heavy atom. The molecule has 1 unspecified atom stereocenters. The van der Waals surface area contributed by atoms with Gasteiger partial charge < -0.3 is 15.0 Å². The number of nitrogens with zero attached hydrogens (tertiary/aromatic N) is 2. The molecular formula is C38H51Cl2N3O4. The van der Waals surface area contributed by atoms with Crippen molar-refractivity contribution in [1.29, 1.82) is 0 Å². The summed E-state index contributed by atoms with van der Waals surface area (Å²) in [4.78, 5) is 46.3. The fourth-order valence-corrected chi connectivity index (χ4v) is 7.42. The molecule has 2 aliphatic rings. The molecule has 2 amide bonds. The molecule has 1 atom stereocenters. The molecule has 1 heterocycles. The Morgan fingerprint density at radius 3 is 2.17 bits per heavy atom. The summed E-state index contributed by atoms with van der Waals surface area (Å²) in [6.07, 6.45) is 6.83. The predicted molar refractivity (Wildman–Crippen MR) is 190 cm³/mol. The fourth-order valence-electron chi connectivity index (χ4n) is 6.89. The predicted octanol–water partition coefficient (Wildman–Crippen LogP) is 9.20. The van der Waals surface area contributed by atoms with Crippen LogP contribution in [0.15, 0.2) is 47.5 Å². The molecule has 1 spiro atoms. The molecule has 1 aliphatic carbocycles. The number of carbonyl (C=O) groups excluding carboxylic acids is 3. The van der Waals surface area contributed by atoms with Gasteiger partial charge in [0.2, 0.25) is 0 Å². The molecule has 0 radical (unpaired) electrons. The summed E-state index contributed by atoms with van der Waals surface area (Å²) in [5.41, 5.74) is 2.13. The van der Waals surface area contributed by atoms with Crippen molar-refractivity contribution in [3.63, 3.8) is 0 Å². The first-order valence-electron chi connectivity index (χ1n) is 16.9. The van der Waals surface area contributed by atoms with Gasteiger partial charge in [0.15, 0.2) is 0 Å². The molecule has 2 aromatic rings. The molecule has 1 saturated carbocycles. The number of rotatable bonds is 11. The van der Waals surface area contributed by atoms with Gasteiger partial charge in [0.05, 0.1) is 13.2 Å². The number of ether oxygens (including phenoxy) is 1. The second kappa shape index (κ2) is 15.1.